The Labute approximate surface area is 133 Å². The summed E-state index contributed by atoms with van der Waals surface area (Å²) in [6, 6.07) is 3.99. The van der Waals surface area contributed by atoms with Crippen molar-refractivity contribution in [2.75, 3.05) is 0 Å². The first kappa shape index (κ1) is 15.6. The van der Waals surface area contributed by atoms with Crippen molar-refractivity contribution in [3.05, 3.63) is 28.8 Å². The summed E-state index contributed by atoms with van der Waals surface area (Å²) < 4.78 is 0. The second-order valence-electron chi connectivity index (χ2n) is 8.17. The average molecular weight is 300 g/mol. The predicted octanol–water partition coefficient (Wildman–Crippen LogP) is 4.72. The Balaban J connectivity index is 2.18. The molecule has 1 unspecified atom stereocenters. The highest BCUT2D eigenvalue weighted by atomic mass is 16.3. The van der Waals surface area contributed by atoms with E-state index in [1.807, 2.05) is 6.07 Å². The molecule has 22 heavy (non-hydrogen) atoms. The minimum absolute atomic E-state index is 0.0683. The van der Waals surface area contributed by atoms with Gasteiger partial charge in [0.2, 0.25) is 0 Å². The molecule has 1 aromatic rings. The number of aromatic hydroxyl groups is 1. The minimum atomic E-state index is -0.194. The molecule has 0 aliphatic heterocycles. The summed E-state index contributed by atoms with van der Waals surface area (Å²) in [5.41, 5.74) is 3.73. The molecule has 1 saturated carbocycles. The van der Waals surface area contributed by atoms with Gasteiger partial charge in [-0.05, 0) is 65.7 Å². The van der Waals surface area contributed by atoms with Gasteiger partial charge in [-0.25, -0.2) is 0 Å². The molecule has 120 valence electrons. The lowest BCUT2D eigenvalue weighted by atomic mass is 9.50. The SMILES string of the molecule is CC(C)c1c(O)ccc2c1CCC1[C@@](C)(C=O)CCC[C@@]21C. The van der Waals surface area contributed by atoms with E-state index in [9.17, 15) is 9.90 Å². The van der Waals surface area contributed by atoms with Crippen molar-refractivity contribution in [1.29, 1.82) is 0 Å². The molecule has 2 aliphatic carbocycles. The van der Waals surface area contributed by atoms with Crippen LogP contribution in [-0.2, 0) is 16.6 Å². The molecular weight excluding hydrogens is 272 g/mol. The fourth-order valence-electron chi connectivity index (χ4n) is 5.41. The van der Waals surface area contributed by atoms with Gasteiger partial charge in [0.15, 0.2) is 0 Å². The van der Waals surface area contributed by atoms with Crippen molar-refractivity contribution in [1.82, 2.24) is 0 Å². The smallest absolute Gasteiger partial charge is 0.126 e. The number of fused-ring (bicyclic) bond motifs is 3. The van der Waals surface area contributed by atoms with Crippen molar-refractivity contribution in [3.8, 4) is 5.75 Å². The second-order valence-corrected chi connectivity index (χ2v) is 8.17. The van der Waals surface area contributed by atoms with E-state index >= 15 is 0 Å². The molecule has 0 saturated heterocycles. The zero-order valence-electron chi connectivity index (χ0n) is 14.3. The van der Waals surface area contributed by atoms with Gasteiger partial charge < -0.3 is 9.90 Å². The quantitative estimate of drug-likeness (QED) is 0.802. The number of carbonyl (C=O) groups is 1. The molecule has 3 atom stereocenters. The van der Waals surface area contributed by atoms with Crippen LogP contribution in [0.1, 0.15) is 76.0 Å². The third-order valence-corrected chi connectivity index (χ3v) is 6.46. The van der Waals surface area contributed by atoms with Crippen molar-refractivity contribution < 1.29 is 9.90 Å². The van der Waals surface area contributed by atoms with Crippen molar-refractivity contribution in [2.24, 2.45) is 11.3 Å². The van der Waals surface area contributed by atoms with E-state index < -0.39 is 0 Å². The summed E-state index contributed by atoms with van der Waals surface area (Å²) in [5, 5.41) is 10.3. The first-order valence-corrected chi connectivity index (χ1v) is 8.65. The molecular formula is C20H28O2. The largest absolute Gasteiger partial charge is 0.508 e. The molecule has 2 heteroatoms. The zero-order chi connectivity index (χ0) is 16.1. The van der Waals surface area contributed by atoms with Crippen LogP contribution >= 0.6 is 0 Å². The maximum Gasteiger partial charge on any atom is 0.126 e. The van der Waals surface area contributed by atoms with Gasteiger partial charge in [-0.2, -0.15) is 0 Å². The summed E-state index contributed by atoms with van der Waals surface area (Å²) in [4.78, 5) is 11.8. The molecule has 0 heterocycles. The third-order valence-electron chi connectivity index (χ3n) is 6.46. The molecule has 1 fully saturated rings. The van der Waals surface area contributed by atoms with E-state index in [2.05, 4.69) is 33.8 Å². The van der Waals surface area contributed by atoms with Gasteiger partial charge in [0.25, 0.3) is 0 Å². The van der Waals surface area contributed by atoms with Gasteiger partial charge in [-0.1, -0.05) is 40.2 Å². The van der Waals surface area contributed by atoms with Gasteiger partial charge in [-0.3, -0.25) is 0 Å². The minimum Gasteiger partial charge on any atom is -0.508 e. The van der Waals surface area contributed by atoms with E-state index in [-0.39, 0.29) is 10.8 Å². The lowest BCUT2D eigenvalue weighted by Gasteiger charge is -2.53. The molecule has 2 aliphatic rings. The highest BCUT2D eigenvalue weighted by Crippen LogP contribution is 2.57. The number of phenolic OH excluding ortho intramolecular Hbond substituents is 1. The lowest BCUT2D eigenvalue weighted by molar-refractivity contribution is -0.123. The average Bonchev–Trinajstić information content (AvgIpc) is 2.46. The lowest BCUT2D eigenvalue weighted by Crippen LogP contribution is -2.50. The van der Waals surface area contributed by atoms with Crippen LogP contribution in [0.4, 0.5) is 0 Å². The molecule has 0 radical (unpaired) electrons. The van der Waals surface area contributed by atoms with E-state index in [0.29, 0.717) is 17.6 Å². The van der Waals surface area contributed by atoms with Crippen LogP contribution in [-0.4, -0.2) is 11.4 Å². The van der Waals surface area contributed by atoms with Crippen LogP contribution in [0.15, 0.2) is 12.1 Å². The van der Waals surface area contributed by atoms with Crippen molar-refractivity contribution >= 4 is 6.29 Å². The predicted molar refractivity (Wildman–Crippen MR) is 89.4 cm³/mol. The van der Waals surface area contributed by atoms with E-state index in [0.717, 1.165) is 37.7 Å². The molecule has 1 N–H and O–H groups in total. The van der Waals surface area contributed by atoms with Crippen LogP contribution in [0, 0.1) is 11.3 Å². The van der Waals surface area contributed by atoms with Crippen molar-refractivity contribution in [2.45, 2.75) is 71.1 Å². The monoisotopic (exact) mass is 300 g/mol. The van der Waals surface area contributed by atoms with Gasteiger partial charge in [0.1, 0.15) is 12.0 Å². The fourth-order valence-corrected chi connectivity index (χ4v) is 5.41. The standard InChI is InChI=1S/C20H28O2/c1-13(2)18-14-6-9-17-19(3,12-21)10-5-11-20(17,4)15(14)7-8-16(18)22/h7-8,12-13,17,22H,5-6,9-11H2,1-4H3/t17?,19-,20+/m1/s1. The van der Waals surface area contributed by atoms with E-state index in [4.69, 9.17) is 0 Å². The van der Waals surface area contributed by atoms with E-state index in [1.165, 1.54) is 17.4 Å². The zero-order valence-corrected chi connectivity index (χ0v) is 14.3. The summed E-state index contributed by atoms with van der Waals surface area (Å²) >= 11 is 0. The summed E-state index contributed by atoms with van der Waals surface area (Å²) in [7, 11) is 0. The number of hydrogen-bond donors (Lipinski definition) is 1. The highest BCUT2D eigenvalue weighted by molar-refractivity contribution is 5.62. The number of aldehydes is 1. The van der Waals surface area contributed by atoms with Gasteiger partial charge in [0.05, 0.1) is 0 Å². The third kappa shape index (κ3) is 2.03. The number of carbonyl (C=O) groups excluding carboxylic acids is 1. The Morgan fingerprint density at radius 3 is 2.64 bits per heavy atom. The fraction of sp³-hybridized carbons (Fsp3) is 0.650. The highest BCUT2D eigenvalue weighted by Gasteiger charge is 2.52. The Kier molecular flexibility index (Phi) is 3.62. The maximum absolute atomic E-state index is 11.8. The van der Waals surface area contributed by atoms with E-state index in [1.54, 1.807) is 0 Å². The van der Waals surface area contributed by atoms with Crippen LogP contribution in [0.5, 0.6) is 5.75 Å². The molecule has 3 rings (SSSR count). The first-order chi connectivity index (χ1) is 10.3. The summed E-state index contributed by atoms with van der Waals surface area (Å²) in [5.74, 6) is 1.18. The number of rotatable bonds is 2. The molecule has 2 nitrogen and oxygen atoms in total. The van der Waals surface area contributed by atoms with Crippen molar-refractivity contribution in [3.63, 3.8) is 0 Å². The maximum atomic E-state index is 11.8. The normalized spacial score (nSPS) is 34.1. The Bertz CT molecular complexity index is 604. The van der Waals surface area contributed by atoms with Crippen LogP contribution < -0.4 is 0 Å². The van der Waals surface area contributed by atoms with Crippen LogP contribution in [0.25, 0.3) is 0 Å². The first-order valence-electron chi connectivity index (χ1n) is 8.65. The topological polar surface area (TPSA) is 37.3 Å². The molecule has 0 aromatic heterocycles. The summed E-state index contributed by atoms with van der Waals surface area (Å²) in [6.45, 7) is 8.80. The van der Waals surface area contributed by atoms with Crippen LogP contribution in [0.2, 0.25) is 0 Å². The van der Waals surface area contributed by atoms with Crippen LogP contribution in [0.3, 0.4) is 0 Å². The summed E-state index contributed by atoms with van der Waals surface area (Å²) in [6.07, 6.45) is 6.53. The van der Waals surface area contributed by atoms with Gasteiger partial charge in [0, 0.05) is 5.41 Å². The molecule has 0 bridgehead atoms. The molecule has 0 spiro atoms. The number of benzene rings is 1. The Hall–Kier alpha value is -1.31. The second kappa shape index (κ2) is 5.11. The van der Waals surface area contributed by atoms with Gasteiger partial charge in [-0.15, -0.1) is 0 Å². The number of hydrogen-bond acceptors (Lipinski definition) is 2. The number of phenols is 1. The van der Waals surface area contributed by atoms with Gasteiger partial charge >= 0.3 is 0 Å². The Morgan fingerprint density at radius 1 is 1.27 bits per heavy atom. The molecule has 1 aromatic carbocycles. The molecule has 0 amide bonds. The Morgan fingerprint density at radius 2 is 2.00 bits per heavy atom.